The van der Waals surface area contributed by atoms with E-state index in [4.69, 9.17) is 17.3 Å². The molecule has 0 aliphatic heterocycles. The summed E-state index contributed by atoms with van der Waals surface area (Å²) in [5.41, 5.74) is 7.34. The summed E-state index contributed by atoms with van der Waals surface area (Å²) in [6.45, 7) is 2.15. The molecule has 2 aromatic rings. The average Bonchev–Trinajstić information content (AvgIpc) is 2.76. The van der Waals surface area contributed by atoms with Crippen LogP contribution < -0.4 is 5.73 Å². The molecule has 0 saturated carbocycles. The number of halogens is 2. The lowest BCUT2D eigenvalue weighted by Crippen LogP contribution is -2.10. The standard InChI is InChI=1S/C13H13BrClNS/c1-2-9-4-6-12(17-9)13(16)10-5-3-8(15)7-11(10)14/h3-7,13H,2,16H2,1H3. The van der Waals surface area contributed by atoms with Crippen molar-refractivity contribution in [3.8, 4) is 0 Å². The largest absolute Gasteiger partial charge is 0.320 e. The van der Waals surface area contributed by atoms with Gasteiger partial charge in [0.2, 0.25) is 0 Å². The Morgan fingerprint density at radius 2 is 2.12 bits per heavy atom. The summed E-state index contributed by atoms with van der Waals surface area (Å²) in [4.78, 5) is 2.55. The zero-order valence-electron chi connectivity index (χ0n) is 9.41. The van der Waals surface area contributed by atoms with Crippen LogP contribution in [0, 0.1) is 0 Å². The van der Waals surface area contributed by atoms with Crippen LogP contribution in [-0.4, -0.2) is 0 Å². The van der Waals surface area contributed by atoms with Crippen molar-refractivity contribution in [3.63, 3.8) is 0 Å². The Labute approximate surface area is 119 Å². The highest BCUT2D eigenvalue weighted by molar-refractivity contribution is 9.10. The number of aryl methyl sites for hydroxylation is 1. The quantitative estimate of drug-likeness (QED) is 0.861. The van der Waals surface area contributed by atoms with Crippen molar-refractivity contribution >= 4 is 38.9 Å². The van der Waals surface area contributed by atoms with E-state index in [2.05, 4.69) is 35.0 Å². The Bertz CT molecular complexity index is 524. The van der Waals surface area contributed by atoms with E-state index in [1.165, 1.54) is 9.75 Å². The van der Waals surface area contributed by atoms with Crippen LogP contribution in [0.3, 0.4) is 0 Å². The predicted octanol–water partition coefficient (Wildman–Crippen LogP) is 4.77. The van der Waals surface area contributed by atoms with E-state index in [-0.39, 0.29) is 6.04 Å². The van der Waals surface area contributed by atoms with E-state index in [9.17, 15) is 0 Å². The van der Waals surface area contributed by atoms with Crippen molar-refractivity contribution in [2.24, 2.45) is 5.73 Å². The van der Waals surface area contributed by atoms with Crippen LogP contribution in [0.5, 0.6) is 0 Å². The minimum absolute atomic E-state index is 0.0908. The number of thiophene rings is 1. The molecule has 1 aromatic carbocycles. The Kier molecular flexibility index (Phi) is 4.26. The summed E-state index contributed by atoms with van der Waals surface area (Å²) in [5, 5.41) is 0.716. The van der Waals surface area contributed by atoms with Gasteiger partial charge in [-0.1, -0.05) is 40.5 Å². The van der Waals surface area contributed by atoms with Crippen LogP contribution in [0.2, 0.25) is 5.02 Å². The average molecular weight is 331 g/mol. The maximum Gasteiger partial charge on any atom is 0.0657 e. The van der Waals surface area contributed by atoms with Gasteiger partial charge in [0.05, 0.1) is 6.04 Å². The summed E-state index contributed by atoms with van der Waals surface area (Å²) >= 11 is 11.2. The van der Waals surface area contributed by atoms with Crippen molar-refractivity contribution in [2.75, 3.05) is 0 Å². The van der Waals surface area contributed by atoms with Gasteiger partial charge in [0, 0.05) is 19.2 Å². The second-order valence-corrected chi connectivity index (χ2v) is 6.29. The topological polar surface area (TPSA) is 26.0 Å². The molecule has 0 bridgehead atoms. The Balaban J connectivity index is 2.33. The van der Waals surface area contributed by atoms with Crippen LogP contribution in [0.15, 0.2) is 34.8 Å². The highest BCUT2D eigenvalue weighted by Gasteiger charge is 2.14. The first-order valence-corrected chi connectivity index (χ1v) is 7.39. The molecule has 0 radical (unpaired) electrons. The SMILES string of the molecule is CCc1ccc(C(N)c2ccc(Cl)cc2Br)s1. The second-order valence-electron chi connectivity index (χ2n) is 3.80. The van der Waals surface area contributed by atoms with Crippen molar-refractivity contribution in [3.05, 3.63) is 55.1 Å². The van der Waals surface area contributed by atoms with Gasteiger partial charge in [-0.3, -0.25) is 0 Å². The predicted molar refractivity (Wildman–Crippen MR) is 78.9 cm³/mol. The fraction of sp³-hybridized carbons (Fsp3) is 0.231. The zero-order valence-corrected chi connectivity index (χ0v) is 12.6. The Morgan fingerprint density at radius 3 is 2.71 bits per heavy atom. The first-order chi connectivity index (χ1) is 8.11. The summed E-state index contributed by atoms with van der Waals surface area (Å²) < 4.78 is 0.962. The Morgan fingerprint density at radius 1 is 1.35 bits per heavy atom. The minimum atomic E-state index is -0.0908. The third-order valence-corrected chi connectivity index (χ3v) is 4.87. The first-order valence-electron chi connectivity index (χ1n) is 5.41. The highest BCUT2D eigenvalue weighted by atomic mass is 79.9. The van der Waals surface area contributed by atoms with E-state index < -0.39 is 0 Å². The molecule has 0 saturated heterocycles. The van der Waals surface area contributed by atoms with Crippen molar-refractivity contribution in [2.45, 2.75) is 19.4 Å². The van der Waals surface area contributed by atoms with Crippen LogP contribution >= 0.6 is 38.9 Å². The molecule has 2 rings (SSSR count). The van der Waals surface area contributed by atoms with Crippen LogP contribution in [-0.2, 0) is 6.42 Å². The number of rotatable bonds is 3. The van der Waals surface area contributed by atoms with Crippen LogP contribution in [0.4, 0.5) is 0 Å². The van der Waals surface area contributed by atoms with Gasteiger partial charge in [0.1, 0.15) is 0 Å². The molecule has 2 N–H and O–H groups in total. The van der Waals surface area contributed by atoms with Gasteiger partial charge < -0.3 is 5.73 Å². The van der Waals surface area contributed by atoms with E-state index in [1.807, 2.05) is 18.2 Å². The summed E-state index contributed by atoms with van der Waals surface area (Å²) in [6.07, 6.45) is 1.05. The van der Waals surface area contributed by atoms with Crippen LogP contribution in [0.25, 0.3) is 0 Å². The number of nitrogens with two attached hydrogens (primary N) is 1. The minimum Gasteiger partial charge on any atom is -0.320 e. The molecule has 4 heteroatoms. The molecule has 17 heavy (non-hydrogen) atoms. The van der Waals surface area contributed by atoms with Gasteiger partial charge in [-0.15, -0.1) is 11.3 Å². The number of hydrogen-bond donors (Lipinski definition) is 1. The van der Waals surface area contributed by atoms with Gasteiger partial charge in [0.25, 0.3) is 0 Å². The van der Waals surface area contributed by atoms with E-state index in [1.54, 1.807) is 11.3 Å². The van der Waals surface area contributed by atoms with E-state index in [0.29, 0.717) is 5.02 Å². The maximum atomic E-state index is 6.27. The molecule has 90 valence electrons. The summed E-state index contributed by atoms with van der Waals surface area (Å²) in [6, 6.07) is 9.88. The monoisotopic (exact) mass is 329 g/mol. The van der Waals surface area contributed by atoms with Gasteiger partial charge >= 0.3 is 0 Å². The molecule has 0 amide bonds. The zero-order chi connectivity index (χ0) is 12.4. The summed E-state index contributed by atoms with van der Waals surface area (Å²) in [7, 11) is 0. The van der Waals surface area contributed by atoms with Gasteiger partial charge in [0.15, 0.2) is 0 Å². The molecule has 0 aliphatic rings. The molecule has 1 heterocycles. The molecular weight excluding hydrogens is 318 g/mol. The van der Waals surface area contributed by atoms with Crippen molar-refractivity contribution in [1.82, 2.24) is 0 Å². The first kappa shape index (κ1) is 13.1. The second kappa shape index (κ2) is 5.53. The Hall–Kier alpha value is -0.350. The van der Waals surface area contributed by atoms with E-state index in [0.717, 1.165) is 16.5 Å². The molecule has 1 unspecified atom stereocenters. The lowest BCUT2D eigenvalue weighted by Gasteiger charge is -2.12. The smallest absolute Gasteiger partial charge is 0.0657 e. The summed E-state index contributed by atoms with van der Waals surface area (Å²) in [5.74, 6) is 0. The number of hydrogen-bond acceptors (Lipinski definition) is 2. The van der Waals surface area contributed by atoms with Crippen molar-refractivity contribution < 1.29 is 0 Å². The van der Waals surface area contributed by atoms with E-state index >= 15 is 0 Å². The molecule has 1 atom stereocenters. The lowest BCUT2D eigenvalue weighted by molar-refractivity contribution is 0.887. The van der Waals surface area contributed by atoms with Gasteiger partial charge in [-0.25, -0.2) is 0 Å². The molecule has 1 aromatic heterocycles. The molecular formula is C13H13BrClNS. The number of benzene rings is 1. The molecule has 1 nitrogen and oxygen atoms in total. The third kappa shape index (κ3) is 2.91. The van der Waals surface area contributed by atoms with Crippen molar-refractivity contribution in [1.29, 1.82) is 0 Å². The highest BCUT2D eigenvalue weighted by Crippen LogP contribution is 2.32. The molecule has 0 fully saturated rings. The fourth-order valence-corrected chi connectivity index (χ4v) is 3.56. The third-order valence-electron chi connectivity index (χ3n) is 2.63. The molecule has 0 aliphatic carbocycles. The lowest BCUT2D eigenvalue weighted by atomic mass is 10.1. The maximum absolute atomic E-state index is 6.27. The van der Waals surface area contributed by atoms with Gasteiger partial charge in [-0.05, 0) is 36.2 Å². The fourth-order valence-electron chi connectivity index (χ4n) is 1.66. The normalized spacial score (nSPS) is 12.7. The van der Waals surface area contributed by atoms with Gasteiger partial charge in [-0.2, -0.15) is 0 Å². The molecule has 0 spiro atoms. The van der Waals surface area contributed by atoms with Crippen LogP contribution in [0.1, 0.15) is 28.3 Å².